The van der Waals surface area contributed by atoms with Crippen LogP contribution in [0.25, 0.3) is 22.8 Å². The lowest BCUT2D eigenvalue weighted by Crippen LogP contribution is -1.99. The number of carbonyl (C=O) groups is 1. The molecule has 0 saturated heterocycles. The standard InChI is InChI=1S/C21H19N3O2/c1-14-20(19(25)13-10-15-8-11-16(26-3)12-9-15)21-23(2)17-6-4-5-7-18(17)24(21)22-14/h4-13H,1-3H3. The smallest absolute Gasteiger partial charge is 0.191 e. The van der Waals surface area contributed by atoms with Crippen LogP contribution in [-0.2, 0) is 7.05 Å². The van der Waals surface area contributed by atoms with E-state index in [1.165, 1.54) is 0 Å². The van der Waals surface area contributed by atoms with Gasteiger partial charge in [0.15, 0.2) is 5.78 Å². The van der Waals surface area contributed by atoms with Crippen LogP contribution in [0.1, 0.15) is 21.6 Å². The van der Waals surface area contributed by atoms with E-state index in [0.29, 0.717) is 5.56 Å². The molecule has 2 heterocycles. The fraction of sp³-hybridized carbons (Fsp3) is 0.143. The van der Waals surface area contributed by atoms with Crippen LogP contribution in [-0.4, -0.2) is 27.1 Å². The van der Waals surface area contributed by atoms with Crippen LogP contribution in [0.15, 0.2) is 54.6 Å². The number of rotatable bonds is 4. The van der Waals surface area contributed by atoms with E-state index in [1.807, 2.05) is 77.7 Å². The number of para-hydroxylation sites is 2. The van der Waals surface area contributed by atoms with Crippen LogP contribution < -0.4 is 4.74 Å². The highest BCUT2D eigenvalue weighted by atomic mass is 16.5. The van der Waals surface area contributed by atoms with Gasteiger partial charge in [0.1, 0.15) is 11.4 Å². The number of methoxy groups -OCH3 is 1. The summed E-state index contributed by atoms with van der Waals surface area (Å²) < 4.78 is 9.02. The summed E-state index contributed by atoms with van der Waals surface area (Å²) in [7, 11) is 3.59. The maximum atomic E-state index is 12.9. The van der Waals surface area contributed by atoms with Crippen molar-refractivity contribution in [3.05, 3.63) is 71.4 Å². The van der Waals surface area contributed by atoms with Crippen LogP contribution in [0.5, 0.6) is 5.75 Å². The average molecular weight is 345 g/mol. The van der Waals surface area contributed by atoms with Gasteiger partial charge in [-0.05, 0) is 42.8 Å². The SMILES string of the molecule is COc1ccc(C=CC(=O)c2c(C)nn3c4ccccc4n(C)c23)cc1. The molecule has 0 aliphatic carbocycles. The lowest BCUT2D eigenvalue weighted by molar-refractivity contribution is 0.104. The van der Waals surface area contributed by atoms with Crippen LogP contribution in [0, 0.1) is 6.92 Å². The lowest BCUT2D eigenvalue weighted by Gasteiger charge is -2.00. The Morgan fingerprint density at radius 2 is 1.77 bits per heavy atom. The van der Waals surface area contributed by atoms with Gasteiger partial charge in [0.2, 0.25) is 0 Å². The van der Waals surface area contributed by atoms with Gasteiger partial charge in [-0.25, -0.2) is 4.52 Å². The number of imidazole rings is 1. The minimum absolute atomic E-state index is 0.0563. The van der Waals surface area contributed by atoms with Gasteiger partial charge in [-0.15, -0.1) is 0 Å². The first-order valence-corrected chi connectivity index (χ1v) is 8.39. The normalized spacial score (nSPS) is 11.7. The molecule has 2 aromatic carbocycles. The molecule has 0 bridgehead atoms. The first-order valence-electron chi connectivity index (χ1n) is 8.39. The highest BCUT2D eigenvalue weighted by Gasteiger charge is 2.20. The summed E-state index contributed by atoms with van der Waals surface area (Å²) in [5, 5.41) is 4.59. The number of nitrogens with zero attached hydrogens (tertiary/aromatic N) is 3. The van der Waals surface area contributed by atoms with Crippen molar-refractivity contribution in [1.29, 1.82) is 0 Å². The Balaban J connectivity index is 1.76. The summed E-state index contributed by atoms with van der Waals surface area (Å²) in [5.74, 6) is 0.734. The molecular formula is C21H19N3O2. The number of ether oxygens (including phenoxy) is 1. The van der Waals surface area contributed by atoms with Gasteiger partial charge in [-0.1, -0.05) is 30.3 Å². The minimum atomic E-state index is -0.0563. The Morgan fingerprint density at radius 1 is 1.08 bits per heavy atom. The van der Waals surface area contributed by atoms with Crippen molar-refractivity contribution in [3.63, 3.8) is 0 Å². The van der Waals surface area contributed by atoms with Crippen LogP contribution >= 0.6 is 0 Å². The predicted octanol–water partition coefficient (Wildman–Crippen LogP) is 4.04. The van der Waals surface area contributed by atoms with Crippen molar-refractivity contribution >= 4 is 28.5 Å². The molecule has 0 atom stereocenters. The molecule has 4 aromatic rings. The number of aryl methyl sites for hydroxylation is 2. The average Bonchev–Trinajstić information content (AvgIpc) is 3.15. The molecule has 4 rings (SSSR count). The third-order valence-electron chi connectivity index (χ3n) is 4.61. The monoisotopic (exact) mass is 345 g/mol. The third kappa shape index (κ3) is 2.49. The zero-order valence-corrected chi connectivity index (χ0v) is 14.9. The zero-order chi connectivity index (χ0) is 18.3. The Morgan fingerprint density at radius 3 is 2.46 bits per heavy atom. The number of hydrogen-bond donors (Lipinski definition) is 0. The van der Waals surface area contributed by atoms with Crippen molar-refractivity contribution in [1.82, 2.24) is 14.2 Å². The van der Waals surface area contributed by atoms with Crippen molar-refractivity contribution in [2.24, 2.45) is 7.05 Å². The van der Waals surface area contributed by atoms with Gasteiger partial charge in [-0.3, -0.25) is 4.79 Å². The molecule has 5 heteroatoms. The second-order valence-corrected chi connectivity index (χ2v) is 6.21. The minimum Gasteiger partial charge on any atom is -0.497 e. The Hall–Kier alpha value is -3.34. The first-order chi connectivity index (χ1) is 12.6. The number of hydrogen-bond acceptors (Lipinski definition) is 3. The van der Waals surface area contributed by atoms with E-state index >= 15 is 0 Å². The second-order valence-electron chi connectivity index (χ2n) is 6.21. The summed E-state index contributed by atoms with van der Waals surface area (Å²) in [6.07, 6.45) is 3.41. The van der Waals surface area contributed by atoms with Crippen LogP contribution in [0.3, 0.4) is 0 Å². The van der Waals surface area contributed by atoms with E-state index < -0.39 is 0 Å². The Bertz CT molecular complexity index is 1150. The molecule has 26 heavy (non-hydrogen) atoms. The number of allylic oxidation sites excluding steroid dienone is 1. The van der Waals surface area contributed by atoms with E-state index in [9.17, 15) is 4.79 Å². The summed E-state index contributed by atoms with van der Waals surface area (Å²) in [6.45, 7) is 1.87. The van der Waals surface area contributed by atoms with Gasteiger partial charge in [-0.2, -0.15) is 5.10 Å². The number of fused-ring (bicyclic) bond motifs is 3. The van der Waals surface area contributed by atoms with E-state index in [2.05, 4.69) is 5.10 Å². The van der Waals surface area contributed by atoms with Crippen molar-refractivity contribution in [3.8, 4) is 5.75 Å². The Labute approximate surface area is 151 Å². The highest BCUT2D eigenvalue weighted by Crippen LogP contribution is 2.25. The quantitative estimate of drug-likeness (QED) is 0.414. The summed E-state index contributed by atoms with van der Waals surface area (Å²) in [6, 6.07) is 15.6. The molecule has 0 N–H and O–H groups in total. The van der Waals surface area contributed by atoms with Crippen LogP contribution in [0.4, 0.5) is 0 Å². The lowest BCUT2D eigenvalue weighted by atomic mass is 10.1. The molecule has 0 aliphatic heterocycles. The van der Waals surface area contributed by atoms with Crippen LogP contribution in [0.2, 0.25) is 0 Å². The maximum absolute atomic E-state index is 12.9. The molecule has 0 unspecified atom stereocenters. The number of carbonyl (C=O) groups excluding carboxylic acids is 1. The number of aromatic nitrogens is 3. The van der Waals surface area contributed by atoms with Crippen molar-refractivity contribution in [2.45, 2.75) is 6.92 Å². The van der Waals surface area contributed by atoms with E-state index in [4.69, 9.17) is 4.74 Å². The molecule has 130 valence electrons. The molecule has 0 fully saturated rings. The van der Waals surface area contributed by atoms with Gasteiger partial charge in [0, 0.05) is 7.05 Å². The second kappa shape index (κ2) is 6.19. The third-order valence-corrected chi connectivity index (χ3v) is 4.61. The molecule has 0 spiro atoms. The fourth-order valence-electron chi connectivity index (χ4n) is 3.29. The molecule has 0 amide bonds. The van der Waals surface area contributed by atoms with Gasteiger partial charge < -0.3 is 9.30 Å². The van der Waals surface area contributed by atoms with Gasteiger partial charge in [0.05, 0.1) is 29.4 Å². The van der Waals surface area contributed by atoms with Gasteiger partial charge >= 0.3 is 0 Å². The molecule has 2 aromatic heterocycles. The zero-order valence-electron chi connectivity index (χ0n) is 14.9. The largest absolute Gasteiger partial charge is 0.497 e. The number of benzene rings is 2. The summed E-state index contributed by atoms with van der Waals surface area (Å²) >= 11 is 0. The highest BCUT2D eigenvalue weighted by molar-refractivity contribution is 6.12. The van der Waals surface area contributed by atoms with E-state index in [0.717, 1.165) is 33.7 Å². The first kappa shape index (κ1) is 16.1. The molecular weight excluding hydrogens is 326 g/mol. The van der Waals surface area contributed by atoms with E-state index in [1.54, 1.807) is 13.2 Å². The summed E-state index contributed by atoms with van der Waals surface area (Å²) in [4.78, 5) is 12.9. The van der Waals surface area contributed by atoms with E-state index in [-0.39, 0.29) is 5.78 Å². The predicted molar refractivity (Wildman–Crippen MR) is 103 cm³/mol. The summed E-state index contributed by atoms with van der Waals surface area (Å²) in [5.41, 5.74) is 5.15. The fourth-order valence-corrected chi connectivity index (χ4v) is 3.29. The Kier molecular flexibility index (Phi) is 3.84. The van der Waals surface area contributed by atoms with Crippen molar-refractivity contribution in [2.75, 3.05) is 7.11 Å². The molecule has 0 aliphatic rings. The molecule has 0 radical (unpaired) electrons. The maximum Gasteiger partial charge on any atom is 0.191 e. The van der Waals surface area contributed by atoms with Crippen molar-refractivity contribution < 1.29 is 9.53 Å². The number of ketones is 1. The topological polar surface area (TPSA) is 48.5 Å². The van der Waals surface area contributed by atoms with Gasteiger partial charge in [0.25, 0.3) is 0 Å². The molecule has 0 saturated carbocycles. The molecule has 5 nitrogen and oxygen atoms in total.